The molecule has 0 rings (SSSR count). The molecule has 4 heteroatoms. The minimum absolute atomic E-state index is 0.248. The topological polar surface area (TPSA) is 26.3 Å². The molecular weight excluding hydrogens is 237 g/mol. The van der Waals surface area contributed by atoms with E-state index in [4.69, 9.17) is 0 Å². The van der Waals surface area contributed by atoms with Gasteiger partial charge in [0.1, 0.15) is 0 Å². The van der Waals surface area contributed by atoms with Crippen molar-refractivity contribution in [2.24, 2.45) is 0 Å². The molecule has 0 saturated heterocycles. The number of rotatable bonds is 2. The van der Waals surface area contributed by atoms with Gasteiger partial charge in [0.15, 0.2) is 5.97 Å². The standard InChI is InChI=1S/C5H9O2.BrH.Zn/c1-3-5(6)7-4-2;;/h3H,4H2,1-2H3;1H;/q-1;;+2/p-1. The van der Waals surface area contributed by atoms with Crippen LogP contribution in [-0.4, -0.2) is 12.6 Å². The fourth-order valence-corrected chi connectivity index (χ4v) is 0.226. The zero-order valence-electron chi connectivity index (χ0n) is 5.69. The number of hydrogen-bond donors (Lipinski definition) is 0. The Balaban J connectivity index is 0. The van der Waals surface area contributed by atoms with Gasteiger partial charge < -0.3 is 4.74 Å². The van der Waals surface area contributed by atoms with Gasteiger partial charge in [-0.3, -0.25) is 11.2 Å². The van der Waals surface area contributed by atoms with Crippen molar-refractivity contribution in [3.8, 4) is 0 Å². The van der Waals surface area contributed by atoms with Gasteiger partial charge in [-0.05, 0) is 6.92 Å². The van der Waals surface area contributed by atoms with Crippen molar-refractivity contribution in [3.05, 3.63) is 6.42 Å². The van der Waals surface area contributed by atoms with E-state index in [1.165, 1.54) is 22.8 Å². The first-order valence-corrected chi connectivity index (χ1v) is 9.49. The molecule has 0 aliphatic rings. The van der Waals surface area contributed by atoms with E-state index in [1.807, 2.05) is 0 Å². The second kappa shape index (κ2) is 11.3. The molecule has 0 saturated carbocycles. The molecule has 50 valence electrons. The molecule has 0 bridgehead atoms. The van der Waals surface area contributed by atoms with Crippen molar-refractivity contribution in [1.82, 2.24) is 0 Å². The van der Waals surface area contributed by atoms with Crippen LogP contribution in [0.3, 0.4) is 0 Å². The number of esters is 1. The van der Waals surface area contributed by atoms with Crippen molar-refractivity contribution in [3.63, 3.8) is 0 Å². The molecule has 0 aliphatic heterocycles. The van der Waals surface area contributed by atoms with Crippen LogP contribution in [-0.2, 0) is 25.9 Å². The summed E-state index contributed by atoms with van der Waals surface area (Å²) >= 11 is 4.25. The van der Waals surface area contributed by atoms with Gasteiger partial charge in [0.05, 0.1) is 6.61 Å². The Kier molecular flexibility index (Phi) is 15.2. The maximum absolute atomic E-state index is 10.1. The predicted octanol–water partition coefficient (Wildman–Crippen LogP) is 1.62. The van der Waals surface area contributed by atoms with Gasteiger partial charge in [-0.1, -0.05) is 0 Å². The summed E-state index contributed by atoms with van der Waals surface area (Å²) in [5.74, 6) is -0.248. The van der Waals surface area contributed by atoms with Gasteiger partial charge in [-0.15, -0.1) is 0 Å². The molecule has 0 aliphatic carbocycles. The Morgan fingerprint density at radius 2 is 2.22 bits per heavy atom. The Bertz CT molecular complexity index is 68.0. The molecule has 0 heterocycles. The van der Waals surface area contributed by atoms with E-state index in [1.54, 1.807) is 13.8 Å². The molecule has 0 aromatic rings. The monoisotopic (exact) mass is 244 g/mol. The molecule has 0 fully saturated rings. The van der Waals surface area contributed by atoms with Crippen LogP contribution in [0.1, 0.15) is 13.8 Å². The molecule has 0 spiro atoms. The minimum atomic E-state index is -0.248. The number of ether oxygens (including phenoxy) is 1. The molecule has 0 radical (unpaired) electrons. The molecule has 0 atom stereocenters. The molecule has 9 heavy (non-hydrogen) atoms. The maximum atomic E-state index is 10.1. The molecule has 0 amide bonds. The SMILES string of the molecule is C[CH-]C(=O)OCC.[Zn+][Br]. The summed E-state index contributed by atoms with van der Waals surface area (Å²) in [4.78, 5) is 10.1. The number of carbonyl (C=O) groups excluding carboxylic acids is 1. The Labute approximate surface area is 72.4 Å². The summed E-state index contributed by atoms with van der Waals surface area (Å²) in [6.45, 7) is 3.89. The zero-order valence-corrected chi connectivity index (χ0v) is 10.2. The van der Waals surface area contributed by atoms with Crippen molar-refractivity contribution in [2.45, 2.75) is 13.8 Å². The Hall–Kier alpha value is 0.443. The third-order valence-electron chi connectivity index (χ3n) is 0.522. The van der Waals surface area contributed by atoms with Crippen molar-refractivity contribution < 1.29 is 25.9 Å². The molecule has 0 aromatic heterocycles. The summed E-state index contributed by atoms with van der Waals surface area (Å²) in [7, 11) is 0. The normalized spacial score (nSPS) is 6.78. The average molecular weight is 246 g/mol. The second-order valence-corrected chi connectivity index (χ2v) is 1.04. The summed E-state index contributed by atoms with van der Waals surface area (Å²) < 4.78 is 4.50. The van der Waals surface area contributed by atoms with E-state index in [-0.39, 0.29) is 5.97 Å². The van der Waals surface area contributed by atoms with Gasteiger partial charge in [-0.25, -0.2) is 0 Å². The van der Waals surface area contributed by atoms with Crippen LogP contribution < -0.4 is 0 Å². The number of carbonyl (C=O) groups is 1. The van der Waals surface area contributed by atoms with E-state index in [9.17, 15) is 4.79 Å². The quantitative estimate of drug-likeness (QED) is 0.420. The van der Waals surface area contributed by atoms with Crippen LogP contribution in [0.25, 0.3) is 0 Å². The van der Waals surface area contributed by atoms with Crippen LogP contribution in [0, 0.1) is 6.42 Å². The molecule has 0 N–H and O–H groups in total. The predicted molar refractivity (Wildman–Crippen MR) is 35.5 cm³/mol. The fraction of sp³-hybridized carbons (Fsp3) is 0.600. The van der Waals surface area contributed by atoms with Crippen molar-refractivity contribution in [1.29, 1.82) is 0 Å². The third-order valence-corrected chi connectivity index (χ3v) is 0.522. The van der Waals surface area contributed by atoms with E-state index >= 15 is 0 Å². The molecule has 0 unspecified atom stereocenters. The number of halogens is 1. The molecular formula is C5H9BrO2Zn. The van der Waals surface area contributed by atoms with Gasteiger partial charge in [0.25, 0.3) is 0 Å². The first kappa shape index (κ1) is 12.2. The number of hydrogen-bond acceptors (Lipinski definition) is 2. The molecule has 0 aromatic carbocycles. The van der Waals surface area contributed by atoms with Crippen LogP contribution in [0.5, 0.6) is 0 Å². The first-order valence-electron chi connectivity index (χ1n) is 2.54. The first-order chi connectivity index (χ1) is 4.31. The third kappa shape index (κ3) is 11.8. The average Bonchev–Trinajstić information content (AvgIpc) is 1.93. The van der Waals surface area contributed by atoms with Crippen LogP contribution >= 0.6 is 13.6 Å². The summed E-state index contributed by atoms with van der Waals surface area (Å²) in [6, 6.07) is 0. The Morgan fingerprint density at radius 1 is 1.78 bits per heavy atom. The fourth-order valence-electron chi connectivity index (χ4n) is 0.226. The van der Waals surface area contributed by atoms with Gasteiger partial charge in [0, 0.05) is 0 Å². The van der Waals surface area contributed by atoms with Crippen molar-refractivity contribution >= 4 is 19.6 Å². The van der Waals surface area contributed by atoms with Crippen LogP contribution in [0.15, 0.2) is 0 Å². The Morgan fingerprint density at radius 3 is 2.33 bits per heavy atom. The van der Waals surface area contributed by atoms with Gasteiger partial charge in [0.2, 0.25) is 0 Å². The van der Waals surface area contributed by atoms with Crippen LogP contribution in [0.4, 0.5) is 0 Å². The summed E-state index contributed by atoms with van der Waals surface area (Å²) in [6.07, 6.45) is 1.39. The summed E-state index contributed by atoms with van der Waals surface area (Å²) in [5.41, 5.74) is 0. The van der Waals surface area contributed by atoms with Gasteiger partial charge in [-0.2, -0.15) is 6.92 Å². The van der Waals surface area contributed by atoms with Crippen molar-refractivity contribution in [2.75, 3.05) is 6.61 Å². The second-order valence-electron chi connectivity index (χ2n) is 1.04. The van der Waals surface area contributed by atoms with E-state index < -0.39 is 0 Å². The van der Waals surface area contributed by atoms with E-state index in [0.717, 1.165) is 0 Å². The summed E-state index contributed by atoms with van der Waals surface area (Å²) in [5, 5.41) is 0. The van der Waals surface area contributed by atoms with E-state index in [0.29, 0.717) is 6.61 Å². The molecule has 2 nitrogen and oxygen atoms in total. The zero-order chi connectivity index (χ0) is 7.70. The van der Waals surface area contributed by atoms with Gasteiger partial charge >= 0.3 is 30.0 Å². The van der Waals surface area contributed by atoms with E-state index in [2.05, 4.69) is 18.4 Å². The van der Waals surface area contributed by atoms with Crippen LogP contribution in [0.2, 0.25) is 0 Å².